The van der Waals surface area contributed by atoms with Gasteiger partial charge in [-0.25, -0.2) is 19.6 Å². The number of hydrogen-bond donors (Lipinski definition) is 2. The van der Waals surface area contributed by atoms with E-state index >= 15 is 0 Å². The third kappa shape index (κ3) is 2.72. The van der Waals surface area contributed by atoms with E-state index in [1.54, 1.807) is 31.6 Å². The van der Waals surface area contributed by atoms with Crippen LogP contribution in [0.5, 0.6) is 0 Å². The fourth-order valence-corrected chi connectivity index (χ4v) is 2.47. The van der Waals surface area contributed by atoms with Gasteiger partial charge in [0.2, 0.25) is 0 Å². The van der Waals surface area contributed by atoms with Crippen LogP contribution in [0, 0.1) is 6.92 Å². The lowest BCUT2D eigenvalue weighted by atomic mass is 10.3. The molecule has 0 atom stereocenters. The van der Waals surface area contributed by atoms with Crippen molar-refractivity contribution < 1.29 is 4.79 Å². The number of aromatic nitrogens is 5. The van der Waals surface area contributed by atoms with E-state index in [1.165, 1.54) is 11.0 Å². The van der Waals surface area contributed by atoms with E-state index in [0.717, 1.165) is 11.3 Å². The maximum absolute atomic E-state index is 12.1. The summed E-state index contributed by atoms with van der Waals surface area (Å²) in [6, 6.07) is 3.47. The van der Waals surface area contributed by atoms with Crippen molar-refractivity contribution >= 4 is 28.1 Å². The first-order valence-corrected chi connectivity index (χ1v) is 6.80. The number of carbonyl (C=O) groups excluding carboxylic acids is 1. The predicted octanol–water partition coefficient (Wildman–Crippen LogP) is 1.26. The Labute approximate surface area is 123 Å². The number of hydrogen-bond acceptors (Lipinski definition) is 7. The molecule has 3 aromatic heterocycles. The molecule has 106 valence electrons. The average molecular weight is 301 g/mol. The van der Waals surface area contributed by atoms with Crippen LogP contribution in [-0.4, -0.2) is 30.6 Å². The highest BCUT2D eigenvalue weighted by atomic mass is 32.1. The fraction of sp³-hybridized carbons (Fsp3) is 0.0833. The molecule has 0 aromatic carbocycles. The smallest absolute Gasteiger partial charge is 0.267 e. The number of anilines is 2. The van der Waals surface area contributed by atoms with Gasteiger partial charge in [-0.2, -0.15) is 5.10 Å². The molecule has 0 aliphatic rings. The van der Waals surface area contributed by atoms with Crippen molar-refractivity contribution in [3.05, 3.63) is 41.6 Å². The molecule has 0 aliphatic heterocycles. The third-order valence-electron chi connectivity index (χ3n) is 2.68. The number of aryl methyl sites for hydroxylation is 1. The lowest BCUT2D eigenvalue weighted by Gasteiger charge is -2.05. The van der Waals surface area contributed by atoms with Crippen LogP contribution in [-0.2, 0) is 0 Å². The second kappa shape index (κ2) is 5.29. The molecular formula is C12H11N7OS. The molecule has 0 fully saturated rings. The Balaban J connectivity index is 1.76. The summed E-state index contributed by atoms with van der Waals surface area (Å²) in [6.45, 7) is 1.74. The largest absolute Gasteiger partial charge is 0.375 e. The van der Waals surface area contributed by atoms with Crippen LogP contribution in [0.2, 0.25) is 0 Å². The monoisotopic (exact) mass is 301 g/mol. The SMILES string of the molecule is Cc1nc(N)sc1C(=O)Nc1ccc(-n2cncn2)nc1. The molecule has 21 heavy (non-hydrogen) atoms. The topological polar surface area (TPSA) is 112 Å². The summed E-state index contributed by atoms with van der Waals surface area (Å²) in [6.07, 6.45) is 4.52. The number of pyridine rings is 1. The Bertz CT molecular complexity index is 764. The third-order valence-corrected chi connectivity index (χ3v) is 3.66. The van der Waals surface area contributed by atoms with Crippen molar-refractivity contribution in [3.8, 4) is 5.82 Å². The average Bonchev–Trinajstić information content (AvgIpc) is 3.09. The number of amides is 1. The van der Waals surface area contributed by atoms with E-state index in [0.29, 0.717) is 27.2 Å². The first-order chi connectivity index (χ1) is 10.1. The number of nitrogens with two attached hydrogens (primary N) is 1. The molecule has 3 rings (SSSR count). The van der Waals surface area contributed by atoms with Gasteiger partial charge in [0.05, 0.1) is 17.6 Å². The maximum Gasteiger partial charge on any atom is 0.267 e. The van der Waals surface area contributed by atoms with Crippen LogP contribution in [0.4, 0.5) is 10.8 Å². The molecule has 0 saturated carbocycles. The van der Waals surface area contributed by atoms with Crippen LogP contribution >= 0.6 is 11.3 Å². The lowest BCUT2D eigenvalue weighted by molar-refractivity contribution is 0.103. The molecule has 9 heteroatoms. The Kier molecular flexibility index (Phi) is 3.32. The van der Waals surface area contributed by atoms with E-state index in [9.17, 15) is 4.79 Å². The molecule has 0 spiro atoms. The highest BCUT2D eigenvalue weighted by Crippen LogP contribution is 2.21. The molecule has 0 radical (unpaired) electrons. The first-order valence-electron chi connectivity index (χ1n) is 5.99. The molecule has 3 heterocycles. The van der Waals surface area contributed by atoms with Crippen molar-refractivity contribution in [2.75, 3.05) is 11.1 Å². The number of rotatable bonds is 3. The summed E-state index contributed by atoms with van der Waals surface area (Å²) < 4.78 is 1.53. The van der Waals surface area contributed by atoms with Gasteiger partial charge in [-0.05, 0) is 19.1 Å². The number of nitrogens with zero attached hydrogens (tertiary/aromatic N) is 5. The molecule has 0 saturated heterocycles. The van der Waals surface area contributed by atoms with Crippen LogP contribution < -0.4 is 11.1 Å². The molecular weight excluding hydrogens is 290 g/mol. The molecule has 1 amide bonds. The van der Waals surface area contributed by atoms with Gasteiger partial charge < -0.3 is 11.1 Å². The summed E-state index contributed by atoms with van der Waals surface area (Å²) in [7, 11) is 0. The Morgan fingerprint density at radius 2 is 2.29 bits per heavy atom. The number of nitrogens with one attached hydrogen (secondary N) is 1. The van der Waals surface area contributed by atoms with E-state index < -0.39 is 0 Å². The zero-order chi connectivity index (χ0) is 14.8. The molecule has 3 aromatic rings. The van der Waals surface area contributed by atoms with Gasteiger partial charge in [-0.15, -0.1) is 0 Å². The molecule has 8 nitrogen and oxygen atoms in total. The second-order valence-electron chi connectivity index (χ2n) is 4.17. The minimum atomic E-state index is -0.253. The van der Waals surface area contributed by atoms with Gasteiger partial charge in [-0.3, -0.25) is 4.79 Å². The zero-order valence-electron chi connectivity index (χ0n) is 11.0. The van der Waals surface area contributed by atoms with E-state index in [2.05, 4.69) is 25.4 Å². The Morgan fingerprint density at radius 1 is 1.43 bits per heavy atom. The van der Waals surface area contributed by atoms with Crippen LogP contribution in [0.25, 0.3) is 5.82 Å². The highest BCUT2D eigenvalue weighted by Gasteiger charge is 2.14. The van der Waals surface area contributed by atoms with Crippen molar-refractivity contribution in [1.29, 1.82) is 0 Å². The van der Waals surface area contributed by atoms with E-state index in [-0.39, 0.29) is 5.91 Å². The molecule has 0 unspecified atom stereocenters. The predicted molar refractivity (Wildman–Crippen MR) is 78.4 cm³/mol. The van der Waals surface area contributed by atoms with E-state index in [4.69, 9.17) is 5.73 Å². The zero-order valence-corrected chi connectivity index (χ0v) is 11.8. The van der Waals surface area contributed by atoms with Crippen LogP contribution in [0.1, 0.15) is 15.4 Å². The molecule has 3 N–H and O–H groups in total. The van der Waals surface area contributed by atoms with Gasteiger partial charge in [0.15, 0.2) is 10.9 Å². The number of carbonyl (C=O) groups is 1. The Hall–Kier alpha value is -2.81. The van der Waals surface area contributed by atoms with E-state index in [1.807, 2.05) is 0 Å². The highest BCUT2D eigenvalue weighted by molar-refractivity contribution is 7.17. The van der Waals surface area contributed by atoms with Crippen molar-refractivity contribution in [2.45, 2.75) is 6.92 Å². The lowest BCUT2D eigenvalue weighted by Crippen LogP contribution is -2.12. The quantitative estimate of drug-likeness (QED) is 0.753. The normalized spacial score (nSPS) is 10.5. The summed E-state index contributed by atoms with van der Waals surface area (Å²) in [4.78, 5) is 24.7. The maximum atomic E-state index is 12.1. The molecule has 0 aliphatic carbocycles. The number of nitrogen functional groups attached to an aromatic ring is 1. The first kappa shape index (κ1) is 13.2. The van der Waals surface area contributed by atoms with Gasteiger partial charge in [0.25, 0.3) is 5.91 Å². The number of thiazole rings is 1. The van der Waals surface area contributed by atoms with Crippen molar-refractivity contribution in [2.24, 2.45) is 0 Å². The summed E-state index contributed by atoms with van der Waals surface area (Å²) in [5, 5.41) is 7.10. The van der Waals surface area contributed by atoms with Crippen molar-refractivity contribution in [1.82, 2.24) is 24.7 Å². The van der Waals surface area contributed by atoms with Gasteiger partial charge in [0.1, 0.15) is 17.5 Å². The second-order valence-corrected chi connectivity index (χ2v) is 5.20. The summed E-state index contributed by atoms with van der Waals surface area (Å²) in [5.74, 6) is 0.362. The van der Waals surface area contributed by atoms with Crippen molar-refractivity contribution in [3.63, 3.8) is 0 Å². The van der Waals surface area contributed by atoms with Crippen LogP contribution in [0.3, 0.4) is 0 Å². The van der Waals surface area contributed by atoms with Gasteiger partial charge in [-0.1, -0.05) is 11.3 Å². The van der Waals surface area contributed by atoms with Crippen LogP contribution in [0.15, 0.2) is 31.0 Å². The van der Waals surface area contributed by atoms with Gasteiger partial charge >= 0.3 is 0 Å². The summed E-state index contributed by atoms with van der Waals surface area (Å²) in [5.41, 5.74) is 6.78. The molecule has 0 bridgehead atoms. The Morgan fingerprint density at radius 3 is 2.86 bits per heavy atom. The standard InChI is InChI=1S/C12H11N7OS/c1-7-10(21-12(13)17-7)11(20)18-8-2-3-9(15-4-8)19-6-14-5-16-19/h2-6H,1H3,(H2,13,17)(H,18,20). The van der Waals surface area contributed by atoms with Gasteiger partial charge in [0, 0.05) is 0 Å². The minimum absolute atomic E-state index is 0.253. The minimum Gasteiger partial charge on any atom is -0.375 e. The summed E-state index contributed by atoms with van der Waals surface area (Å²) >= 11 is 1.15. The fourth-order valence-electron chi connectivity index (χ4n) is 1.74.